The van der Waals surface area contributed by atoms with Gasteiger partial charge in [-0.3, -0.25) is 19.5 Å². The van der Waals surface area contributed by atoms with Crippen LogP contribution in [0, 0.1) is 10.1 Å². The summed E-state index contributed by atoms with van der Waals surface area (Å²) in [4.78, 5) is 42.2. The van der Waals surface area contributed by atoms with E-state index in [-0.39, 0.29) is 46.1 Å². The molecule has 0 saturated heterocycles. The lowest BCUT2D eigenvalue weighted by molar-refractivity contribution is -0.385. The average Bonchev–Trinajstić information content (AvgIpc) is 3.15. The number of aromatic hydroxyl groups is 1. The zero-order valence-electron chi connectivity index (χ0n) is 19.8. The van der Waals surface area contributed by atoms with E-state index in [4.69, 9.17) is 9.47 Å². The fourth-order valence-electron chi connectivity index (χ4n) is 3.98. The van der Waals surface area contributed by atoms with Gasteiger partial charge in [-0.2, -0.15) is 0 Å². The number of non-ortho nitro benzene ring substituents is 1. The van der Waals surface area contributed by atoms with E-state index in [0.29, 0.717) is 16.1 Å². The molecule has 186 valence electrons. The number of allylic oxidation sites excluding steroid dienone is 1. The summed E-state index contributed by atoms with van der Waals surface area (Å²) in [5.41, 5.74) is 0.657. The minimum atomic E-state index is -0.777. The van der Waals surface area contributed by atoms with Crippen LogP contribution in [0.5, 0.6) is 11.5 Å². The van der Waals surface area contributed by atoms with E-state index in [1.807, 2.05) is 6.07 Å². The van der Waals surface area contributed by atoms with Crippen molar-refractivity contribution in [3.05, 3.63) is 94.7 Å². The fourth-order valence-corrected chi connectivity index (χ4v) is 5.02. The standard InChI is InChI=1S/C25H23N3O7S/c1-4-34-18-13-17(28(32)33)11-16(22(18)29)12-19-23(30)27-21(15-9-7-6-8-10-15)20(24(31)35-5-2)14(3)26-25(27)36-19/h6-13,21,29H,4-5H2,1-3H3/t21-/m0/s1. The molecule has 4 rings (SSSR count). The molecule has 1 aliphatic rings. The van der Waals surface area contributed by atoms with Crippen molar-refractivity contribution in [2.75, 3.05) is 13.2 Å². The largest absolute Gasteiger partial charge is 0.504 e. The number of benzene rings is 2. The molecule has 0 bridgehead atoms. The molecule has 1 aromatic heterocycles. The average molecular weight is 510 g/mol. The van der Waals surface area contributed by atoms with Crippen molar-refractivity contribution in [2.24, 2.45) is 4.99 Å². The smallest absolute Gasteiger partial charge is 0.338 e. The number of phenols is 1. The van der Waals surface area contributed by atoms with Crippen molar-refractivity contribution in [3.8, 4) is 11.5 Å². The van der Waals surface area contributed by atoms with Gasteiger partial charge in [-0.1, -0.05) is 41.7 Å². The predicted molar refractivity (Wildman–Crippen MR) is 133 cm³/mol. The molecule has 0 spiro atoms. The van der Waals surface area contributed by atoms with Gasteiger partial charge in [0.2, 0.25) is 0 Å². The van der Waals surface area contributed by atoms with Crippen LogP contribution in [0.15, 0.2) is 63.5 Å². The molecule has 0 aliphatic carbocycles. The lowest BCUT2D eigenvalue weighted by atomic mass is 9.96. The first kappa shape index (κ1) is 24.9. The number of phenolic OH excluding ortho intramolecular Hbond substituents is 1. The monoisotopic (exact) mass is 509 g/mol. The number of nitro groups is 1. The first-order chi connectivity index (χ1) is 17.3. The van der Waals surface area contributed by atoms with Crippen molar-refractivity contribution >= 4 is 29.1 Å². The number of carbonyl (C=O) groups is 1. The Bertz CT molecular complexity index is 1550. The highest BCUT2D eigenvalue weighted by molar-refractivity contribution is 7.07. The lowest BCUT2D eigenvalue weighted by Crippen LogP contribution is -2.39. The van der Waals surface area contributed by atoms with Gasteiger partial charge >= 0.3 is 5.97 Å². The van der Waals surface area contributed by atoms with Crippen LogP contribution >= 0.6 is 11.3 Å². The molecule has 0 saturated carbocycles. The van der Waals surface area contributed by atoms with Crippen LogP contribution in [0.1, 0.15) is 37.9 Å². The van der Waals surface area contributed by atoms with Gasteiger partial charge in [-0.25, -0.2) is 9.79 Å². The highest BCUT2D eigenvalue weighted by atomic mass is 32.1. The zero-order valence-corrected chi connectivity index (χ0v) is 20.6. The topological polar surface area (TPSA) is 133 Å². The summed E-state index contributed by atoms with van der Waals surface area (Å²) in [6, 6.07) is 10.6. The number of ether oxygens (including phenoxy) is 2. The van der Waals surface area contributed by atoms with Crippen LogP contribution in [0.2, 0.25) is 0 Å². The Kier molecular flexibility index (Phi) is 7.02. The van der Waals surface area contributed by atoms with Gasteiger partial charge in [-0.05, 0) is 32.4 Å². The minimum Gasteiger partial charge on any atom is -0.504 e. The van der Waals surface area contributed by atoms with E-state index in [1.165, 1.54) is 16.7 Å². The van der Waals surface area contributed by atoms with E-state index >= 15 is 0 Å². The molecule has 3 aromatic rings. The van der Waals surface area contributed by atoms with Gasteiger partial charge in [0.25, 0.3) is 11.2 Å². The van der Waals surface area contributed by atoms with Crippen molar-refractivity contribution in [3.63, 3.8) is 0 Å². The Hall–Kier alpha value is -4.25. The first-order valence-corrected chi connectivity index (χ1v) is 12.0. The van der Waals surface area contributed by atoms with Crippen molar-refractivity contribution in [2.45, 2.75) is 26.8 Å². The van der Waals surface area contributed by atoms with E-state index in [9.17, 15) is 24.8 Å². The summed E-state index contributed by atoms with van der Waals surface area (Å²) >= 11 is 1.05. The number of nitro benzene ring substituents is 1. The Balaban J connectivity index is 1.97. The summed E-state index contributed by atoms with van der Waals surface area (Å²) in [7, 11) is 0. The number of carbonyl (C=O) groups excluding carboxylic acids is 1. The van der Waals surface area contributed by atoms with Crippen molar-refractivity contribution < 1.29 is 24.3 Å². The summed E-state index contributed by atoms with van der Waals surface area (Å²) in [5, 5.41) is 22.1. The Morgan fingerprint density at radius 1 is 1.25 bits per heavy atom. The number of hydrogen-bond donors (Lipinski definition) is 1. The Morgan fingerprint density at radius 3 is 2.61 bits per heavy atom. The van der Waals surface area contributed by atoms with E-state index in [0.717, 1.165) is 17.4 Å². The fraction of sp³-hybridized carbons (Fsp3) is 0.240. The quantitative estimate of drug-likeness (QED) is 0.294. The Morgan fingerprint density at radius 2 is 1.97 bits per heavy atom. The predicted octanol–water partition coefficient (Wildman–Crippen LogP) is 2.81. The second kappa shape index (κ2) is 10.2. The second-order valence-corrected chi connectivity index (χ2v) is 8.79. The SMILES string of the molecule is CCOC(=O)C1=C(C)N=c2sc(=Cc3cc([N+](=O)[O-])cc(OCC)c3O)c(=O)n2[C@H]1c1ccccc1. The maximum absolute atomic E-state index is 13.6. The van der Waals surface area contributed by atoms with Crippen LogP contribution < -0.4 is 19.6 Å². The molecule has 2 aromatic carbocycles. The number of esters is 1. The van der Waals surface area contributed by atoms with E-state index in [2.05, 4.69) is 4.99 Å². The summed E-state index contributed by atoms with van der Waals surface area (Å²) in [6.07, 6.45) is 1.36. The molecule has 1 atom stereocenters. The maximum atomic E-state index is 13.6. The number of fused-ring (bicyclic) bond motifs is 1. The molecule has 0 fully saturated rings. The minimum absolute atomic E-state index is 0.0514. The normalized spacial score (nSPS) is 15.3. The van der Waals surface area contributed by atoms with Crippen molar-refractivity contribution in [1.82, 2.24) is 4.57 Å². The summed E-state index contributed by atoms with van der Waals surface area (Å²) in [5.74, 6) is -0.954. The van der Waals surface area contributed by atoms with Crippen LogP contribution in [-0.2, 0) is 9.53 Å². The molecule has 0 amide bonds. The van der Waals surface area contributed by atoms with Gasteiger partial charge in [0.1, 0.15) is 0 Å². The zero-order chi connectivity index (χ0) is 26.0. The lowest BCUT2D eigenvalue weighted by Gasteiger charge is -2.24. The number of thiazole rings is 1. The molecule has 0 radical (unpaired) electrons. The third kappa shape index (κ3) is 4.52. The molecule has 1 aliphatic heterocycles. The number of aromatic nitrogens is 1. The first-order valence-electron chi connectivity index (χ1n) is 11.2. The number of rotatable bonds is 7. The summed E-state index contributed by atoms with van der Waals surface area (Å²) < 4.78 is 12.2. The van der Waals surface area contributed by atoms with Gasteiger partial charge in [0.15, 0.2) is 16.3 Å². The Labute approximate surface area is 209 Å². The maximum Gasteiger partial charge on any atom is 0.338 e. The summed E-state index contributed by atoms with van der Waals surface area (Å²) in [6.45, 7) is 5.41. The van der Waals surface area contributed by atoms with Crippen molar-refractivity contribution in [1.29, 1.82) is 0 Å². The van der Waals surface area contributed by atoms with E-state index in [1.54, 1.807) is 45.0 Å². The molecule has 10 nitrogen and oxygen atoms in total. The molecular weight excluding hydrogens is 486 g/mol. The van der Waals surface area contributed by atoms with Crippen LogP contribution in [0.25, 0.3) is 6.08 Å². The van der Waals surface area contributed by atoms with E-state index < -0.39 is 22.5 Å². The second-order valence-electron chi connectivity index (χ2n) is 7.78. The van der Waals surface area contributed by atoms with Crippen LogP contribution in [0.3, 0.4) is 0 Å². The highest BCUT2D eigenvalue weighted by Crippen LogP contribution is 2.35. The number of nitrogens with zero attached hydrogens (tertiary/aromatic N) is 3. The molecular formula is C25H23N3O7S. The van der Waals surface area contributed by atoms with Crippen LogP contribution in [0.4, 0.5) is 5.69 Å². The molecule has 2 heterocycles. The third-order valence-electron chi connectivity index (χ3n) is 5.52. The molecule has 11 heteroatoms. The van der Waals surface area contributed by atoms with Crippen LogP contribution in [-0.4, -0.2) is 33.8 Å². The van der Waals surface area contributed by atoms with Gasteiger partial charge in [0.05, 0.1) is 46.0 Å². The third-order valence-corrected chi connectivity index (χ3v) is 6.50. The number of hydrogen-bond acceptors (Lipinski definition) is 9. The van der Waals surface area contributed by atoms with Gasteiger partial charge < -0.3 is 14.6 Å². The highest BCUT2D eigenvalue weighted by Gasteiger charge is 2.33. The van der Waals surface area contributed by atoms with Gasteiger partial charge in [-0.15, -0.1) is 0 Å². The van der Waals surface area contributed by atoms with Gasteiger partial charge in [0, 0.05) is 11.6 Å². The molecule has 36 heavy (non-hydrogen) atoms. The molecule has 0 unspecified atom stereocenters. The molecule has 1 N–H and O–H groups in total.